The molecule has 7 nitrogen and oxygen atoms in total. The van der Waals surface area contributed by atoms with E-state index in [9.17, 15) is 17.6 Å². The van der Waals surface area contributed by atoms with Crippen LogP contribution in [0.15, 0.2) is 47.6 Å². The highest BCUT2D eigenvalue weighted by atomic mass is 32.2. The lowest BCUT2D eigenvalue weighted by Crippen LogP contribution is -2.23. The normalized spacial score (nSPS) is 11.8. The highest BCUT2D eigenvalue weighted by Crippen LogP contribution is 2.25. The Bertz CT molecular complexity index is 881. The van der Waals surface area contributed by atoms with Crippen LogP contribution >= 0.6 is 0 Å². The Balaban J connectivity index is 2.21. The number of nitrogens with two attached hydrogens (primary N) is 1. The number of primary sulfonamides is 1. The highest BCUT2D eigenvalue weighted by molar-refractivity contribution is 7.89. The number of aromatic nitrogens is 1. The SMILES string of the molecule is CC(C)(F)COc1cc(NC(=O)Cc2cccnc2)cc(S(N)(=O)=O)c1. The van der Waals surface area contributed by atoms with Crippen LogP contribution in [0.25, 0.3) is 0 Å². The van der Waals surface area contributed by atoms with E-state index in [1.54, 1.807) is 24.5 Å². The molecule has 0 bridgehead atoms. The molecule has 0 aliphatic heterocycles. The standard InChI is InChI=1S/C17H20FN3O4S/c1-17(2,18)11-25-14-7-13(8-15(9-14)26(19,23)24)21-16(22)6-12-4-3-5-20-10-12/h3-5,7-10H,6,11H2,1-2H3,(H,21,22)(H2,19,23,24). The Hall–Kier alpha value is -2.52. The van der Waals surface area contributed by atoms with E-state index in [1.807, 2.05) is 0 Å². The Morgan fingerprint density at radius 2 is 2.08 bits per heavy atom. The average Bonchev–Trinajstić information content (AvgIpc) is 2.52. The number of carbonyl (C=O) groups is 1. The van der Waals surface area contributed by atoms with Gasteiger partial charge in [-0.05, 0) is 31.5 Å². The third-order valence-electron chi connectivity index (χ3n) is 3.16. The monoisotopic (exact) mass is 381 g/mol. The minimum Gasteiger partial charge on any atom is -0.490 e. The van der Waals surface area contributed by atoms with Crippen molar-refractivity contribution in [2.75, 3.05) is 11.9 Å². The number of alkyl halides is 1. The van der Waals surface area contributed by atoms with Crippen LogP contribution in [0.3, 0.4) is 0 Å². The number of amides is 1. The molecular formula is C17H20FN3O4S. The molecule has 0 aliphatic rings. The summed E-state index contributed by atoms with van der Waals surface area (Å²) in [5.41, 5.74) is -0.734. The van der Waals surface area contributed by atoms with Gasteiger partial charge in [0.15, 0.2) is 0 Å². The fourth-order valence-corrected chi connectivity index (χ4v) is 2.61. The predicted octanol–water partition coefficient (Wildman–Crippen LogP) is 2.04. The molecule has 0 saturated carbocycles. The minimum absolute atomic E-state index is 0.0567. The van der Waals surface area contributed by atoms with E-state index < -0.39 is 15.7 Å². The fourth-order valence-electron chi connectivity index (χ4n) is 2.04. The lowest BCUT2D eigenvalue weighted by atomic mass is 10.2. The van der Waals surface area contributed by atoms with E-state index in [0.717, 1.165) is 0 Å². The molecule has 3 N–H and O–H groups in total. The Morgan fingerprint density at radius 1 is 1.35 bits per heavy atom. The molecule has 1 heterocycles. The second-order valence-electron chi connectivity index (χ2n) is 6.33. The maximum absolute atomic E-state index is 13.6. The number of nitrogens with zero attached hydrogens (tertiary/aromatic N) is 1. The second kappa shape index (κ2) is 7.79. The zero-order chi connectivity index (χ0) is 19.4. The minimum atomic E-state index is -4.03. The summed E-state index contributed by atoms with van der Waals surface area (Å²) in [7, 11) is -4.03. The van der Waals surface area contributed by atoms with Crippen molar-refractivity contribution >= 4 is 21.6 Å². The van der Waals surface area contributed by atoms with Gasteiger partial charge in [-0.25, -0.2) is 17.9 Å². The van der Waals surface area contributed by atoms with Gasteiger partial charge in [-0.2, -0.15) is 0 Å². The number of anilines is 1. The smallest absolute Gasteiger partial charge is 0.238 e. The molecular weight excluding hydrogens is 361 g/mol. The van der Waals surface area contributed by atoms with Gasteiger partial charge < -0.3 is 10.1 Å². The van der Waals surface area contributed by atoms with Crippen LogP contribution in [-0.4, -0.2) is 31.6 Å². The number of hydrogen-bond acceptors (Lipinski definition) is 5. The van der Waals surface area contributed by atoms with Crippen molar-refractivity contribution in [3.63, 3.8) is 0 Å². The molecule has 9 heteroatoms. The van der Waals surface area contributed by atoms with Crippen LogP contribution in [-0.2, 0) is 21.2 Å². The predicted molar refractivity (Wildman–Crippen MR) is 95.1 cm³/mol. The molecule has 1 aromatic heterocycles. The van der Waals surface area contributed by atoms with Gasteiger partial charge in [0.25, 0.3) is 0 Å². The Kier molecular flexibility index (Phi) is 5.94. The largest absolute Gasteiger partial charge is 0.490 e. The van der Waals surface area contributed by atoms with Gasteiger partial charge in [0, 0.05) is 30.2 Å². The zero-order valence-corrected chi connectivity index (χ0v) is 15.2. The molecule has 1 amide bonds. The van der Waals surface area contributed by atoms with E-state index in [2.05, 4.69) is 10.3 Å². The first-order chi connectivity index (χ1) is 12.0. The third kappa shape index (κ3) is 6.41. The van der Waals surface area contributed by atoms with Crippen molar-refractivity contribution in [1.29, 1.82) is 0 Å². The van der Waals surface area contributed by atoms with Gasteiger partial charge in [-0.1, -0.05) is 6.07 Å². The molecule has 1 aromatic carbocycles. The molecule has 0 radical (unpaired) electrons. The van der Waals surface area contributed by atoms with Crippen LogP contribution in [0.5, 0.6) is 5.75 Å². The number of nitrogens with one attached hydrogen (secondary N) is 1. The number of pyridine rings is 1. The second-order valence-corrected chi connectivity index (χ2v) is 7.89. The summed E-state index contributed by atoms with van der Waals surface area (Å²) in [5.74, 6) is -0.291. The Morgan fingerprint density at radius 3 is 2.65 bits per heavy atom. The van der Waals surface area contributed by atoms with Crippen LogP contribution in [0.1, 0.15) is 19.4 Å². The topological polar surface area (TPSA) is 111 Å². The number of ether oxygens (including phenoxy) is 1. The number of carbonyl (C=O) groups excluding carboxylic acids is 1. The van der Waals surface area contributed by atoms with Gasteiger partial charge in [0.1, 0.15) is 18.0 Å². The van der Waals surface area contributed by atoms with E-state index in [4.69, 9.17) is 9.88 Å². The molecule has 0 fully saturated rings. The molecule has 2 aromatic rings. The molecule has 140 valence electrons. The van der Waals surface area contributed by atoms with Crippen LogP contribution in [0.4, 0.5) is 10.1 Å². The summed E-state index contributed by atoms with van der Waals surface area (Å²) < 4.78 is 42.2. The third-order valence-corrected chi connectivity index (χ3v) is 4.05. The number of sulfonamides is 1. The van der Waals surface area contributed by atoms with Crippen molar-refractivity contribution in [2.24, 2.45) is 5.14 Å². The lowest BCUT2D eigenvalue weighted by molar-refractivity contribution is -0.115. The summed E-state index contributed by atoms with van der Waals surface area (Å²) in [4.78, 5) is 15.8. The van der Waals surface area contributed by atoms with Crippen molar-refractivity contribution in [2.45, 2.75) is 30.8 Å². The summed E-state index contributed by atoms with van der Waals surface area (Å²) in [6.07, 6.45) is 3.20. The van der Waals surface area contributed by atoms with Crippen LogP contribution in [0.2, 0.25) is 0 Å². The number of benzene rings is 1. The van der Waals surface area contributed by atoms with Gasteiger partial charge in [0.05, 0.1) is 11.3 Å². The number of hydrogen-bond donors (Lipinski definition) is 2. The first-order valence-corrected chi connectivity index (χ1v) is 9.26. The number of halogens is 1. The van der Waals surface area contributed by atoms with E-state index >= 15 is 0 Å². The quantitative estimate of drug-likeness (QED) is 0.762. The first-order valence-electron chi connectivity index (χ1n) is 7.71. The molecule has 0 atom stereocenters. The van der Waals surface area contributed by atoms with Crippen LogP contribution < -0.4 is 15.2 Å². The van der Waals surface area contributed by atoms with Crippen molar-refractivity contribution in [1.82, 2.24) is 4.98 Å². The maximum Gasteiger partial charge on any atom is 0.238 e. The number of rotatable bonds is 7. The molecule has 0 unspecified atom stereocenters. The summed E-state index contributed by atoms with van der Waals surface area (Å²) >= 11 is 0. The first kappa shape index (κ1) is 19.8. The van der Waals surface area contributed by atoms with Gasteiger partial charge in [-0.3, -0.25) is 9.78 Å². The fraction of sp³-hybridized carbons (Fsp3) is 0.294. The highest BCUT2D eigenvalue weighted by Gasteiger charge is 2.18. The molecule has 0 saturated heterocycles. The molecule has 26 heavy (non-hydrogen) atoms. The van der Waals surface area contributed by atoms with Gasteiger partial charge in [0.2, 0.25) is 15.9 Å². The van der Waals surface area contributed by atoms with Crippen molar-refractivity contribution in [3.8, 4) is 5.75 Å². The van der Waals surface area contributed by atoms with Crippen molar-refractivity contribution in [3.05, 3.63) is 48.3 Å². The van der Waals surface area contributed by atoms with Crippen LogP contribution in [0, 0.1) is 0 Å². The van der Waals surface area contributed by atoms with E-state index in [1.165, 1.54) is 32.0 Å². The van der Waals surface area contributed by atoms with Gasteiger partial charge >= 0.3 is 0 Å². The Labute approximate surface area is 151 Å². The summed E-state index contributed by atoms with van der Waals surface area (Å²) in [6, 6.07) is 7.24. The lowest BCUT2D eigenvalue weighted by Gasteiger charge is -2.16. The van der Waals surface area contributed by atoms with E-state index in [0.29, 0.717) is 5.56 Å². The summed E-state index contributed by atoms with van der Waals surface area (Å²) in [6.45, 7) is 2.37. The molecule has 2 rings (SSSR count). The summed E-state index contributed by atoms with van der Waals surface area (Å²) in [5, 5.41) is 7.73. The molecule has 0 spiro atoms. The zero-order valence-electron chi connectivity index (χ0n) is 14.4. The maximum atomic E-state index is 13.6. The molecule has 0 aliphatic carbocycles. The van der Waals surface area contributed by atoms with E-state index in [-0.39, 0.29) is 35.3 Å². The van der Waals surface area contributed by atoms with Gasteiger partial charge in [-0.15, -0.1) is 0 Å². The van der Waals surface area contributed by atoms with Crippen molar-refractivity contribution < 1.29 is 22.3 Å². The average molecular weight is 381 g/mol.